The number of nitrogens with zero attached hydrogens (tertiary/aromatic N) is 3. The maximum atomic E-state index is 12.8. The molecule has 1 N–H and O–H groups in total. The monoisotopic (exact) mass is 394 g/mol. The van der Waals surface area contributed by atoms with Crippen LogP contribution in [0.25, 0.3) is 0 Å². The van der Waals surface area contributed by atoms with E-state index in [1.165, 1.54) is 16.0 Å². The number of amides is 1. The zero-order valence-corrected chi connectivity index (χ0v) is 17.3. The van der Waals surface area contributed by atoms with Crippen molar-refractivity contribution in [3.8, 4) is 0 Å². The predicted octanol–water partition coefficient (Wildman–Crippen LogP) is 2.53. The molecule has 0 aromatic carbocycles. The summed E-state index contributed by atoms with van der Waals surface area (Å²) in [4.78, 5) is 30.3. The van der Waals surface area contributed by atoms with Crippen LogP contribution < -0.4 is 5.32 Å². The maximum Gasteiger partial charge on any atom is 0.335 e. The fourth-order valence-electron chi connectivity index (χ4n) is 2.39. The number of hydrogen-bond donors (Lipinski definition) is 1. The van der Waals surface area contributed by atoms with Crippen molar-refractivity contribution < 1.29 is 19.1 Å². The molecule has 0 saturated heterocycles. The summed E-state index contributed by atoms with van der Waals surface area (Å²) in [6, 6.07) is 0.704. The third-order valence-electron chi connectivity index (χ3n) is 3.55. The minimum absolute atomic E-state index is 0.354. The lowest BCUT2D eigenvalue weighted by Crippen LogP contribution is -2.39. The Kier molecular flexibility index (Phi) is 6.72. The van der Waals surface area contributed by atoms with Crippen LogP contribution >= 0.6 is 11.3 Å². The first-order valence-corrected chi connectivity index (χ1v) is 9.49. The highest BCUT2D eigenvalue weighted by Gasteiger charge is 2.31. The molecule has 2 aromatic rings. The van der Waals surface area contributed by atoms with Crippen molar-refractivity contribution in [1.82, 2.24) is 20.1 Å². The lowest BCUT2D eigenvalue weighted by atomic mass is 10.1. The second-order valence-corrected chi connectivity index (χ2v) is 8.06. The van der Waals surface area contributed by atoms with Crippen LogP contribution in [0.4, 0.5) is 0 Å². The normalized spacial score (nSPS) is 12.7. The second kappa shape index (κ2) is 8.62. The molecule has 2 rings (SSSR count). The summed E-state index contributed by atoms with van der Waals surface area (Å²) in [7, 11) is 1.71. The Balaban J connectivity index is 2.25. The van der Waals surface area contributed by atoms with E-state index >= 15 is 0 Å². The van der Waals surface area contributed by atoms with E-state index in [4.69, 9.17) is 9.47 Å². The lowest BCUT2D eigenvalue weighted by molar-refractivity contribution is -0.157. The number of ether oxygens (including phenoxy) is 2. The first-order chi connectivity index (χ1) is 12.6. The first kappa shape index (κ1) is 21.0. The van der Waals surface area contributed by atoms with Crippen LogP contribution in [-0.2, 0) is 27.9 Å². The van der Waals surface area contributed by atoms with Gasteiger partial charge in [-0.3, -0.25) is 9.48 Å². The van der Waals surface area contributed by atoms with E-state index in [9.17, 15) is 9.59 Å². The Morgan fingerprint density at radius 1 is 1.37 bits per heavy atom. The van der Waals surface area contributed by atoms with Gasteiger partial charge in [0.2, 0.25) is 0 Å². The number of carbonyl (C=O) groups excluding carboxylic acids is 2. The molecule has 0 bridgehead atoms. The summed E-state index contributed by atoms with van der Waals surface area (Å²) in [6.45, 7) is 9.91. The third kappa shape index (κ3) is 5.61. The molecule has 0 radical (unpaired) electrons. The number of thiazole rings is 1. The van der Waals surface area contributed by atoms with E-state index in [1.807, 2.05) is 6.92 Å². The summed E-state index contributed by atoms with van der Waals surface area (Å²) >= 11 is 1.25. The van der Waals surface area contributed by atoms with Gasteiger partial charge in [-0.2, -0.15) is 5.10 Å². The fraction of sp³-hybridized carbons (Fsp3) is 0.556. The van der Waals surface area contributed by atoms with Crippen molar-refractivity contribution in [2.75, 3.05) is 6.61 Å². The van der Waals surface area contributed by atoms with E-state index in [-0.39, 0.29) is 5.91 Å². The Morgan fingerprint density at radius 2 is 2.07 bits per heavy atom. The van der Waals surface area contributed by atoms with Gasteiger partial charge in [-0.15, -0.1) is 11.3 Å². The third-order valence-corrected chi connectivity index (χ3v) is 4.68. The summed E-state index contributed by atoms with van der Waals surface area (Å²) in [5, 5.41) is 7.56. The Hall–Kier alpha value is -2.26. The molecule has 27 heavy (non-hydrogen) atoms. The van der Waals surface area contributed by atoms with Crippen molar-refractivity contribution in [2.45, 2.75) is 52.9 Å². The van der Waals surface area contributed by atoms with Crippen LogP contribution in [0.5, 0.6) is 0 Å². The molecular formula is C18H26N4O4S. The number of carbonyl (C=O) groups is 2. The Morgan fingerprint density at radius 3 is 2.63 bits per heavy atom. The van der Waals surface area contributed by atoms with Crippen LogP contribution in [0, 0.1) is 6.92 Å². The summed E-state index contributed by atoms with van der Waals surface area (Å²) in [5.41, 5.74) is 0.457. The molecule has 0 saturated carbocycles. The van der Waals surface area contributed by atoms with Crippen LogP contribution in [0.1, 0.15) is 59.8 Å². The minimum Gasteiger partial charge on any atom is -0.458 e. The molecule has 148 valence electrons. The zero-order valence-electron chi connectivity index (χ0n) is 16.5. The van der Waals surface area contributed by atoms with Crippen molar-refractivity contribution >= 4 is 23.2 Å². The van der Waals surface area contributed by atoms with Gasteiger partial charge in [0.1, 0.15) is 15.5 Å². The average Bonchev–Trinajstić information content (AvgIpc) is 3.14. The molecule has 1 unspecified atom stereocenters. The highest BCUT2D eigenvalue weighted by atomic mass is 32.1. The first-order valence-electron chi connectivity index (χ1n) is 8.68. The topological polar surface area (TPSA) is 95.3 Å². The molecule has 9 heteroatoms. The molecule has 0 aliphatic carbocycles. The van der Waals surface area contributed by atoms with Gasteiger partial charge in [-0.1, -0.05) is 0 Å². The molecule has 0 aliphatic rings. The molecule has 1 amide bonds. The molecule has 0 aliphatic heterocycles. The fourth-order valence-corrected chi connectivity index (χ4v) is 3.30. The molecular weight excluding hydrogens is 368 g/mol. The molecule has 1 atom stereocenters. The number of nitrogens with one attached hydrogen (secondary N) is 1. The minimum atomic E-state index is -0.971. The van der Waals surface area contributed by atoms with E-state index < -0.39 is 17.6 Å². The largest absolute Gasteiger partial charge is 0.458 e. The highest BCUT2D eigenvalue weighted by molar-refractivity contribution is 7.13. The number of hydrogen-bond acceptors (Lipinski definition) is 7. The summed E-state index contributed by atoms with van der Waals surface area (Å²) in [5.74, 6) is -0.930. The molecule has 8 nitrogen and oxygen atoms in total. The lowest BCUT2D eigenvalue weighted by Gasteiger charge is -2.24. The van der Waals surface area contributed by atoms with Crippen LogP contribution in [0.2, 0.25) is 0 Å². The van der Waals surface area contributed by atoms with Crippen LogP contribution in [0.15, 0.2) is 12.3 Å². The number of aromatic nitrogens is 3. The van der Waals surface area contributed by atoms with Crippen molar-refractivity contribution in [2.24, 2.45) is 7.05 Å². The van der Waals surface area contributed by atoms with E-state index in [0.29, 0.717) is 34.5 Å². The average molecular weight is 394 g/mol. The van der Waals surface area contributed by atoms with Gasteiger partial charge in [0, 0.05) is 19.9 Å². The van der Waals surface area contributed by atoms with Gasteiger partial charge in [0.25, 0.3) is 5.91 Å². The van der Waals surface area contributed by atoms with Gasteiger partial charge in [0.15, 0.2) is 6.04 Å². The van der Waals surface area contributed by atoms with Crippen molar-refractivity contribution in [3.63, 3.8) is 0 Å². The highest BCUT2D eigenvalue weighted by Crippen LogP contribution is 2.22. The van der Waals surface area contributed by atoms with Gasteiger partial charge >= 0.3 is 5.97 Å². The standard InChI is InChI=1S/C18H26N4O4S/c1-7-25-10-13-20-11(2)15(27-13)16(23)21-14(12-8-9-19-22(12)6)17(24)26-18(3,4)5/h8-9,14H,7,10H2,1-6H3,(H,21,23). The smallest absolute Gasteiger partial charge is 0.335 e. The van der Waals surface area contributed by atoms with E-state index in [0.717, 1.165) is 0 Å². The van der Waals surface area contributed by atoms with E-state index in [1.54, 1.807) is 47.0 Å². The zero-order chi connectivity index (χ0) is 20.2. The van der Waals surface area contributed by atoms with Gasteiger partial charge in [-0.25, -0.2) is 9.78 Å². The SMILES string of the molecule is CCOCc1nc(C)c(C(=O)NC(C(=O)OC(C)(C)C)c2ccnn2C)s1. The summed E-state index contributed by atoms with van der Waals surface area (Å²) < 4.78 is 12.4. The van der Waals surface area contributed by atoms with Gasteiger partial charge in [-0.05, 0) is 40.7 Å². The summed E-state index contributed by atoms with van der Waals surface area (Å²) in [6.07, 6.45) is 1.57. The van der Waals surface area contributed by atoms with E-state index in [2.05, 4.69) is 15.4 Å². The molecule has 2 heterocycles. The van der Waals surface area contributed by atoms with Crippen LogP contribution in [-0.4, -0.2) is 38.8 Å². The van der Waals surface area contributed by atoms with Crippen molar-refractivity contribution in [1.29, 1.82) is 0 Å². The van der Waals surface area contributed by atoms with Crippen LogP contribution in [0.3, 0.4) is 0 Å². The molecule has 0 fully saturated rings. The second-order valence-electron chi connectivity index (χ2n) is 6.98. The Bertz CT molecular complexity index is 807. The number of aryl methyl sites for hydroxylation is 2. The molecule has 0 spiro atoms. The van der Waals surface area contributed by atoms with Crippen molar-refractivity contribution in [3.05, 3.63) is 33.5 Å². The number of rotatable bonds is 7. The van der Waals surface area contributed by atoms with Gasteiger partial charge < -0.3 is 14.8 Å². The number of esters is 1. The van der Waals surface area contributed by atoms with Gasteiger partial charge in [0.05, 0.1) is 18.0 Å². The molecule has 2 aromatic heterocycles. The predicted molar refractivity (Wildman–Crippen MR) is 101 cm³/mol. The quantitative estimate of drug-likeness (QED) is 0.725. The Labute approximate surface area is 162 Å². The maximum absolute atomic E-state index is 12.8.